The van der Waals surface area contributed by atoms with Crippen molar-refractivity contribution in [1.82, 2.24) is 0 Å². The van der Waals surface area contributed by atoms with Crippen molar-refractivity contribution in [2.24, 2.45) is 0 Å². The molecule has 1 aromatic rings. The van der Waals surface area contributed by atoms with E-state index < -0.39 is 5.60 Å². The van der Waals surface area contributed by atoms with Gasteiger partial charge in [0.25, 0.3) is 0 Å². The Balaban J connectivity index is 2.53. The summed E-state index contributed by atoms with van der Waals surface area (Å²) < 4.78 is 10.9. The summed E-state index contributed by atoms with van der Waals surface area (Å²) in [6.07, 6.45) is 4.86. The fourth-order valence-corrected chi connectivity index (χ4v) is 2.89. The fraction of sp³-hybridized carbons (Fsp3) is 0.600. The lowest BCUT2D eigenvalue weighted by Gasteiger charge is -2.34. The lowest BCUT2D eigenvalue weighted by molar-refractivity contribution is -0.00458. The van der Waals surface area contributed by atoms with Crippen LogP contribution < -0.4 is 9.47 Å². The van der Waals surface area contributed by atoms with Crippen LogP contribution in [0.3, 0.4) is 0 Å². The van der Waals surface area contributed by atoms with E-state index in [1.807, 2.05) is 19.1 Å². The van der Waals surface area contributed by atoms with Crippen molar-refractivity contribution in [1.29, 1.82) is 0 Å². The molecular formula is C15H22O3. The highest BCUT2D eigenvalue weighted by molar-refractivity contribution is 5.51. The average Bonchev–Trinajstić information content (AvgIpc) is 2.38. The van der Waals surface area contributed by atoms with Crippen LogP contribution >= 0.6 is 0 Å². The van der Waals surface area contributed by atoms with Gasteiger partial charge in [0.2, 0.25) is 0 Å². The van der Waals surface area contributed by atoms with Gasteiger partial charge in [-0.2, -0.15) is 0 Å². The van der Waals surface area contributed by atoms with Gasteiger partial charge in [-0.1, -0.05) is 19.3 Å². The molecule has 3 heteroatoms. The van der Waals surface area contributed by atoms with E-state index in [9.17, 15) is 5.11 Å². The highest BCUT2D eigenvalue weighted by Gasteiger charge is 2.36. The van der Waals surface area contributed by atoms with Crippen molar-refractivity contribution in [3.8, 4) is 11.5 Å². The van der Waals surface area contributed by atoms with Gasteiger partial charge in [0.15, 0.2) is 0 Å². The molecule has 0 atom stereocenters. The molecule has 0 spiro atoms. The predicted octanol–water partition coefficient (Wildman–Crippen LogP) is 3.16. The molecule has 1 saturated carbocycles. The van der Waals surface area contributed by atoms with Crippen LogP contribution in [0.1, 0.15) is 43.2 Å². The summed E-state index contributed by atoms with van der Waals surface area (Å²) in [5.74, 6) is 1.47. The number of hydrogen-bond donors (Lipinski definition) is 1. The standard InChI is InChI=1S/C15H22O3/c1-11-9-12(17-2)14(13(10-11)18-3)15(16)7-5-4-6-8-15/h9-10,16H,4-8H2,1-3H3. The van der Waals surface area contributed by atoms with Crippen LogP contribution in [0.25, 0.3) is 0 Å². The molecule has 0 aliphatic heterocycles. The molecule has 0 radical (unpaired) electrons. The molecule has 1 N–H and O–H groups in total. The van der Waals surface area contributed by atoms with Crippen LogP contribution in [0, 0.1) is 6.92 Å². The Morgan fingerprint density at radius 1 is 1.00 bits per heavy atom. The summed E-state index contributed by atoms with van der Waals surface area (Å²) in [6.45, 7) is 2.00. The summed E-state index contributed by atoms with van der Waals surface area (Å²) >= 11 is 0. The van der Waals surface area contributed by atoms with Crippen molar-refractivity contribution in [3.63, 3.8) is 0 Å². The van der Waals surface area contributed by atoms with Gasteiger partial charge in [-0.3, -0.25) is 0 Å². The maximum absolute atomic E-state index is 10.9. The molecule has 0 bridgehead atoms. The zero-order valence-corrected chi connectivity index (χ0v) is 11.5. The molecular weight excluding hydrogens is 228 g/mol. The minimum Gasteiger partial charge on any atom is -0.496 e. The van der Waals surface area contributed by atoms with Gasteiger partial charge in [-0.25, -0.2) is 0 Å². The summed E-state index contributed by atoms with van der Waals surface area (Å²) in [4.78, 5) is 0. The Morgan fingerprint density at radius 2 is 1.50 bits per heavy atom. The molecule has 0 amide bonds. The van der Waals surface area contributed by atoms with Crippen LogP contribution in [-0.4, -0.2) is 19.3 Å². The molecule has 0 aromatic heterocycles. The monoisotopic (exact) mass is 250 g/mol. The maximum Gasteiger partial charge on any atom is 0.128 e. The summed E-state index contributed by atoms with van der Waals surface area (Å²) in [7, 11) is 3.29. The second-order valence-corrected chi connectivity index (χ2v) is 5.14. The van der Waals surface area contributed by atoms with Gasteiger partial charge < -0.3 is 14.6 Å². The fourth-order valence-electron chi connectivity index (χ4n) is 2.89. The third-order valence-electron chi connectivity index (χ3n) is 3.80. The van der Waals surface area contributed by atoms with E-state index in [1.54, 1.807) is 14.2 Å². The Bertz CT molecular complexity index is 395. The van der Waals surface area contributed by atoms with Crippen molar-refractivity contribution < 1.29 is 14.6 Å². The van der Waals surface area contributed by atoms with Crippen LogP contribution in [0.15, 0.2) is 12.1 Å². The zero-order valence-electron chi connectivity index (χ0n) is 11.5. The number of methoxy groups -OCH3 is 2. The first-order chi connectivity index (χ1) is 8.60. The van der Waals surface area contributed by atoms with Crippen LogP contribution in [0.5, 0.6) is 11.5 Å². The molecule has 0 heterocycles. The lowest BCUT2D eigenvalue weighted by atomic mass is 9.78. The number of rotatable bonds is 3. The van der Waals surface area contributed by atoms with E-state index in [0.717, 1.165) is 48.3 Å². The number of aliphatic hydroxyl groups is 1. The number of benzene rings is 1. The molecule has 0 unspecified atom stereocenters. The maximum atomic E-state index is 10.9. The molecule has 2 rings (SSSR count). The van der Waals surface area contributed by atoms with Gasteiger partial charge >= 0.3 is 0 Å². The van der Waals surface area contributed by atoms with Crippen LogP contribution in [0.2, 0.25) is 0 Å². The second-order valence-electron chi connectivity index (χ2n) is 5.14. The number of aryl methyl sites for hydroxylation is 1. The second kappa shape index (κ2) is 5.19. The molecule has 0 saturated heterocycles. The highest BCUT2D eigenvalue weighted by atomic mass is 16.5. The van der Waals surface area contributed by atoms with E-state index in [0.29, 0.717) is 0 Å². The summed E-state index contributed by atoms with van der Waals surface area (Å²) in [5, 5.41) is 10.9. The van der Waals surface area contributed by atoms with E-state index >= 15 is 0 Å². The van der Waals surface area contributed by atoms with E-state index in [2.05, 4.69) is 0 Å². The van der Waals surface area contributed by atoms with E-state index in [4.69, 9.17) is 9.47 Å². The topological polar surface area (TPSA) is 38.7 Å². The number of hydrogen-bond acceptors (Lipinski definition) is 3. The first-order valence-electron chi connectivity index (χ1n) is 6.56. The zero-order chi connectivity index (χ0) is 13.2. The van der Waals surface area contributed by atoms with Gasteiger partial charge in [0, 0.05) is 0 Å². The minimum absolute atomic E-state index is 0.733. The Hall–Kier alpha value is -1.22. The molecule has 1 aliphatic rings. The lowest BCUT2D eigenvalue weighted by Crippen LogP contribution is -2.29. The Kier molecular flexibility index (Phi) is 3.81. The third kappa shape index (κ3) is 2.32. The summed E-state index contributed by atoms with van der Waals surface area (Å²) in [5.41, 5.74) is 1.09. The largest absolute Gasteiger partial charge is 0.496 e. The van der Waals surface area contributed by atoms with Gasteiger partial charge in [-0.05, 0) is 37.5 Å². The average molecular weight is 250 g/mol. The van der Waals surface area contributed by atoms with E-state index in [1.165, 1.54) is 6.42 Å². The van der Waals surface area contributed by atoms with Crippen molar-refractivity contribution in [3.05, 3.63) is 23.3 Å². The quantitative estimate of drug-likeness (QED) is 0.895. The third-order valence-corrected chi connectivity index (χ3v) is 3.80. The Labute approximate surface area is 109 Å². The van der Waals surface area contributed by atoms with Crippen molar-refractivity contribution >= 4 is 0 Å². The highest BCUT2D eigenvalue weighted by Crippen LogP contribution is 2.46. The van der Waals surface area contributed by atoms with Crippen molar-refractivity contribution in [2.75, 3.05) is 14.2 Å². The smallest absolute Gasteiger partial charge is 0.128 e. The SMILES string of the molecule is COc1cc(C)cc(OC)c1C1(O)CCCCC1. The molecule has 1 aliphatic carbocycles. The first-order valence-corrected chi connectivity index (χ1v) is 6.56. The van der Waals surface area contributed by atoms with Crippen LogP contribution in [-0.2, 0) is 5.60 Å². The van der Waals surface area contributed by atoms with Gasteiger partial charge in [0.05, 0.1) is 25.4 Å². The number of ether oxygens (including phenoxy) is 2. The summed E-state index contributed by atoms with van der Waals surface area (Å²) in [6, 6.07) is 3.93. The normalized spacial score (nSPS) is 18.4. The molecule has 18 heavy (non-hydrogen) atoms. The predicted molar refractivity (Wildman–Crippen MR) is 71.3 cm³/mol. The van der Waals surface area contributed by atoms with Gasteiger partial charge in [0.1, 0.15) is 11.5 Å². The molecule has 3 nitrogen and oxygen atoms in total. The van der Waals surface area contributed by atoms with Crippen molar-refractivity contribution in [2.45, 2.75) is 44.6 Å². The minimum atomic E-state index is -0.803. The Morgan fingerprint density at radius 3 is 1.94 bits per heavy atom. The van der Waals surface area contributed by atoms with Crippen LogP contribution in [0.4, 0.5) is 0 Å². The molecule has 1 fully saturated rings. The van der Waals surface area contributed by atoms with E-state index in [-0.39, 0.29) is 0 Å². The molecule has 1 aromatic carbocycles. The van der Waals surface area contributed by atoms with Gasteiger partial charge in [-0.15, -0.1) is 0 Å². The first kappa shape index (κ1) is 13.2. The molecule has 100 valence electrons.